The lowest BCUT2D eigenvalue weighted by Gasteiger charge is -2.14. The third kappa shape index (κ3) is 2.25. The lowest BCUT2D eigenvalue weighted by Crippen LogP contribution is -2.08. The van der Waals surface area contributed by atoms with Crippen LogP contribution in [-0.4, -0.2) is 11.3 Å². The molecule has 0 aliphatic carbocycles. The third-order valence-electron chi connectivity index (χ3n) is 2.48. The highest BCUT2D eigenvalue weighted by Gasteiger charge is 2.34. The van der Waals surface area contributed by atoms with E-state index in [0.717, 1.165) is 6.07 Å². The summed E-state index contributed by atoms with van der Waals surface area (Å²) in [5, 5.41) is 0. The van der Waals surface area contributed by atoms with E-state index in [9.17, 15) is 18.0 Å². The molecule has 1 aromatic heterocycles. The highest BCUT2D eigenvalue weighted by atomic mass is 19.4. The second-order valence-corrected chi connectivity index (χ2v) is 3.63. The van der Waals surface area contributed by atoms with E-state index >= 15 is 0 Å². The number of rotatable bonds is 2. The van der Waals surface area contributed by atoms with Gasteiger partial charge in [-0.15, -0.1) is 0 Å². The standard InChI is InChI=1S/C13H8F3NO/c14-13(15,16)11-5-1-3-10(8-18)12(11)9-4-2-6-17-7-9/h1-8H. The van der Waals surface area contributed by atoms with Gasteiger partial charge in [0.15, 0.2) is 6.29 Å². The van der Waals surface area contributed by atoms with Gasteiger partial charge in [-0.05, 0) is 12.1 Å². The van der Waals surface area contributed by atoms with Crippen molar-refractivity contribution < 1.29 is 18.0 Å². The first-order chi connectivity index (χ1) is 8.54. The summed E-state index contributed by atoms with van der Waals surface area (Å²) in [5.41, 5.74) is -0.696. The van der Waals surface area contributed by atoms with E-state index in [4.69, 9.17) is 0 Å². The van der Waals surface area contributed by atoms with E-state index in [0.29, 0.717) is 6.29 Å². The number of aldehydes is 1. The Hall–Kier alpha value is -2.17. The molecule has 0 amide bonds. The van der Waals surface area contributed by atoms with Gasteiger partial charge in [-0.1, -0.05) is 18.2 Å². The molecule has 0 bridgehead atoms. The van der Waals surface area contributed by atoms with Gasteiger partial charge in [-0.25, -0.2) is 0 Å². The van der Waals surface area contributed by atoms with Crippen molar-refractivity contribution in [3.63, 3.8) is 0 Å². The summed E-state index contributed by atoms with van der Waals surface area (Å²) >= 11 is 0. The first-order valence-corrected chi connectivity index (χ1v) is 5.10. The van der Waals surface area contributed by atoms with Gasteiger partial charge >= 0.3 is 6.18 Å². The second-order valence-electron chi connectivity index (χ2n) is 3.63. The fourth-order valence-electron chi connectivity index (χ4n) is 1.74. The van der Waals surface area contributed by atoms with Crippen LogP contribution in [0.1, 0.15) is 15.9 Å². The number of hydrogen-bond acceptors (Lipinski definition) is 2. The molecular weight excluding hydrogens is 243 g/mol. The van der Waals surface area contributed by atoms with Crippen LogP contribution < -0.4 is 0 Å². The lowest BCUT2D eigenvalue weighted by atomic mass is 9.95. The van der Waals surface area contributed by atoms with Crippen LogP contribution in [0.2, 0.25) is 0 Å². The van der Waals surface area contributed by atoms with Gasteiger partial charge < -0.3 is 0 Å². The van der Waals surface area contributed by atoms with Crippen molar-refractivity contribution in [3.05, 3.63) is 53.9 Å². The lowest BCUT2D eigenvalue weighted by molar-refractivity contribution is -0.137. The summed E-state index contributed by atoms with van der Waals surface area (Å²) in [4.78, 5) is 14.7. The first-order valence-electron chi connectivity index (χ1n) is 5.10. The van der Waals surface area contributed by atoms with E-state index < -0.39 is 11.7 Å². The molecule has 0 spiro atoms. The molecule has 0 aliphatic rings. The summed E-state index contributed by atoms with van der Waals surface area (Å²) in [6, 6.07) is 6.54. The van der Waals surface area contributed by atoms with Crippen LogP contribution in [0.3, 0.4) is 0 Å². The molecule has 5 heteroatoms. The third-order valence-corrected chi connectivity index (χ3v) is 2.48. The number of benzene rings is 1. The number of nitrogens with zero attached hydrogens (tertiary/aromatic N) is 1. The van der Waals surface area contributed by atoms with Crippen LogP contribution in [0.15, 0.2) is 42.7 Å². The molecule has 92 valence electrons. The quantitative estimate of drug-likeness (QED) is 0.763. The van der Waals surface area contributed by atoms with Crippen LogP contribution in [0.25, 0.3) is 11.1 Å². The van der Waals surface area contributed by atoms with Gasteiger partial charge in [0.05, 0.1) is 5.56 Å². The van der Waals surface area contributed by atoms with Crippen LogP contribution in [0.5, 0.6) is 0 Å². The molecule has 0 atom stereocenters. The second kappa shape index (κ2) is 4.60. The summed E-state index contributed by atoms with van der Waals surface area (Å²) < 4.78 is 38.7. The molecule has 0 N–H and O–H groups in total. The monoisotopic (exact) mass is 251 g/mol. The Labute approximate surface area is 101 Å². The molecule has 0 radical (unpaired) electrons. The molecule has 18 heavy (non-hydrogen) atoms. The fourth-order valence-corrected chi connectivity index (χ4v) is 1.74. The predicted octanol–water partition coefficient (Wildman–Crippen LogP) is 3.58. The van der Waals surface area contributed by atoms with Crippen molar-refractivity contribution in [2.75, 3.05) is 0 Å². The number of carbonyl (C=O) groups excluding carboxylic acids is 1. The highest BCUT2D eigenvalue weighted by Crippen LogP contribution is 2.38. The number of carbonyl (C=O) groups is 1. The van der Waals surface area contributed by atoms with Crippen LogP contribution in [0.4, 0.5) is 13.2 Å². The Morgan fingerprint density at radius 3 is 2.44 bits per heavy atom. The molecular formula is C13H8F3NO. The van der Waals surface area contributed by atoms with Gasteiger partial charge in [0.1, 0.15) is 0 Å². The minimum absolute atomic E-state index is 0.00201. The van der Waals surface area contributed by atoms with Crippen molar-refractivity contribution in [2.24, 2.45) is 0 Å². The molecule has 0 aliphatic heterocycles. The van der Waals surface area contributed by atoms with Crippen LogP contribution in [0, 0.1) is 0 Å². The minimum Gasteiger partial charge on any atom is -0.298 e. The maximum atomic E-state index is 12.9. The maximum Gasteiger partial charge on any atom is 0.417 e. The Balaban J connectivity index is 2.74. The zero-order chi connectivity index (χ0) is 13.2. The van der Waals surface area contributed by atoms with Crippen molar-refractivity contribution >= 4 is 6.29 Å². The van der Waals surface area contributed by atoms with Crippen LogP contribution >= 0.6 is 0 Å². The van der Waals surface area contributed by atoms with E-state index in [1.807, 2.05) is 0 Å². The van der Waals surface area contributed by atoms with Crippen molar-refractivity contribution in [2.45, 2.75) is 6.18 Å². The number of alkyl halides is 3. The summed E-state index contributed by atoms with van der Waals surface area (Å²) in [6.07, 6.45) is -1.33. The number of aromatic nitrogens is 1. The van der Waals surface area contributed by atoms with Crippen molar-refractivity contribution in [1.82, 2.24) is 4.98 Å². The highest BCUT2D eigenvalue weighted by molar-refractivity contribution is 5.89. The fraction of sp³-hybridized carbons (Fsp3) is 0.0769. The van der Waals surface area contributed by atoms with Crippen LogP contribution in [-0.2, 0) is 6.18 Å². The predicted molar refractivity (Wildman–Crippen MR) is 60.1 cm³/mol. The SMILES string of the molecule is O=Cc1cccc(C(F)(F)F)c1-c1cccnc1. The molecule has 2 rings (SSSR count). The van der Waals surface area contributed by atoms with E-state index in [2.05, 4.69) is 4.98 Å². The molecule has 2 nitrogen and oxygen atoms in total. The summed E-state index contributed by atoms with van der Waals surface area (Å²) in [7, 11) is 0. The average molecular weight is 251 g/mol. The largest absolute Gasteiger partial charge is 0.417 e. The van der Waals surface area contributed by atoms with Gasteiger partial charge in [0, 0.05) is 29.1 Å². The molecule has 0 saturated heterocycles. The van der Waals surface area contributed by atoms with E-state index in [1.54, 1.807) is 0 Å². The Morgan fingerprint density at radius 1 is 1.11 bits per heavy atom. The molecule has 0 saturated carbocycles. The number of pyridine rings is 1. The van der Waals surface area contributed by atoms with Gasteiger partial charge in [-0.2, -0.15) is 13.2 Å². The normalized spacial score (nSPS) is 11.3. The molecule has 0 unspecified atom stereocenters. The zero-order valence-electron chi connectivity index (χ0n) is 9.11. The molecule has 0 fully saturated rings. The topological polar surface area (TPSA) is 30.0 Å². The maximum absolute atomic E-state index is 12.9. The van der Waals surface area contributed by atoms with Gasteiger partial charge in [0.2, 0.25) is 0 Å². The van der Waals surface area contributed by atoms with Gasteiger partial charge in [0.25, 0.3) is 0 Å². The number of hydrogen-bond donors (Lipinski definition) is 0. The molecule has 2 aromatic rings. The molecule has 1 heterocycles. The Kier molecular flexibility index (Phi) is 3.14. The van der Waals surface area contributed by atoms with E-state index in [1.165, 1.54) is 36.7 Å². The number of halogens is 3. The summed E-state index contributed by atoms with van der Waals surface area (Å²) in [6.45, 7) is 0. The molecule has 1 aromatic carbocycles. The zero-order valence-corrected chi connectivity index (χ0v) is 9.11. The minimum atomic E-state index is -4.51. The van der Waals surface area contributed by atoms with Crippen molar-refractivity contribution in [3.8, 4) is 11.1 Å². The van der Waals surface area contributed by atoms with Gasteiger partial charge in [-0.3, -0.25) is 9.78 Å². The Morgan fingerprint density at radius 2 is 1.89 bits per heavy atom. The average Bonchev–Trinajstić information content (AvgIpc) is 2.38. The first kappa shape index (κ1) is 12.3. The smallest absolute Gasteiger partial charge is 0.298 e. The van der Waals surface area contributed by atoms with E-state index in [-0.39, 0.29) is 16.7 Å². The van der Waals surface area contributed by atoms with Crippen molar-refractivity contribution in [1.29, 1.82) is 0 Å². The summed E-state index contributed by atoms with van der Waals surface area (Å²) in [5.74, 6) is 0. The Bertz CT molecular complexity index is 564.